The van der Waals surface area contributed by atoms with Gasteiger partial charge in [-0.05, 0) is 6.07 Å². The molecule has 58 valence electrons. The quantitative estimate of drug-likeness (QED) is 0.610. The van der Waals surface area contributed by atoms with Crippen LogP contribution < -0.4 is 0 Å². The third-order valence-corrected chi connectivity index (χ3v) is 1.81. The minimum Gasteiger partial charge on any atom is -0.235 e. The average molecular weight is 179 g/mol. The van der Waals surface area contributed by atoms with E-state index in [0.29, 0.717) is 16.2 Å². The molecule has 0 bridgehead atoms. The number of nitrogens with zero attached hydrogens (tertiary/aromatic N) is 4. The Bertz CT molecular complexity index is 468. The summed E-state index contributed by atoms with van der Waals surface area (Å²) < 4.78 is 1.52. The fraction of sp³-hybridized carbons (Fsp3) is 0. The fourth-order valence-corrected chi connectivity index (χ4v) is 1.24. The molecule has 0 fully saturated rings. The molecule has 5 heteroatoms. The molecule has 0 aliphatic heterocycles. The van der Waals surface area contributed by atoms with Crippen molar-refractivity contribution >= 4 is 17.1 Å². The Morgan fingerprint density at radius 2 is 2.42 bits per heavy atom. The van der Waals surface area contributed by atoms with Crippen LogP contribution in [0.3, 0.4) is 0 Å². The molecule has 2 aromatic rings. The number of halogens is 1. The van der Waals surface area contributed by atoms with Gasteiger partial charge in [-0.15, -0.1) is 0 Å². The maximum absolute atomic E-state index is 8.67. The van der Waals surface area contributed by atoms with Gasteiger partial charge in [-0.2, -0.15) is 10.4 Å². The zero-order chi connectivity index (χ0) is 8.55. The highest BCUT2D eigenvalue weighted by Crippen LogP contribution is 2.17. The first-order chi connectivity index (χ1) is 5.83. The molecule has 0 unspecified atom stereocenters. The third kappa shape index (κ3) is 0.840. The maximum Gasteiger partial charge on any atom is 0.157 e. The SMILES string of the molecule is N#Cc1ccn2ncnc(Cl)c12. The summed E-state index contributed by atoms with van der Waals surface area (Å²) in [5, 5.41) is 12.8. The predicted octanol–water partition coefficient (Wildman–Crippen LogP) is 1.25. The summed E-state index contributed by atoms with van der Waals surface area (Å²) in [5.41, 5.74) is 1.04. The molecule has 0 spiro atoms. The summed E-state index contributed by atoms with van der Waals surface area (Å²) >= 11 is 5.76. The number of hydrogen-bond acceptors (Lipinski definition) is 3. The predicted molar refractivity (Wildman–Crippen MR) is 42.7 cm³/mol. The number of hydrogen-bond donors (Lipinski definition) is 0. The topological polar surface area (TPSA) is 54.0 Å². The number of fused-ring (bicyclic) bond motifs is 1. The van der Waals surface area contributed by atoms with E-state index in [2.05, 4.69) is 10.1 Å². The van der Waals surface area contributed by atoms with Crippen molar-refractivity contribution in [3.8, 4) is 6.07 Å². The lowest BCUT2D eigenvalue weighted by atomic mass is 10.3. The summed E-state index contributed by atoms with van der Waals surface area (Å²) in [4.78, 5) is 3.77. The lowest BCUT2D eigenvalue weighted by Gasteiger charge is -1.93. The second kappa shape index (κ2) is 2.47. The van der Waals surface area contributed by atoms with Gasteiger partial charge in [0.25, 0.3) is 0 Å². The van der Waals surface area contributed by atoms with E-state index in [9.17, 15) is 0 Å². The standard InChI is InChI=1S/C7H3ClN4/c8-7-6-5(3-9)1-2-12(6)11-4-10-7/h1-2,4H. The van der Waals surface area contributed by atoms with Gasteiger partial charge < -0.3 is 0 Å². The van der Waals surface area contributed by atoms with Crippen LogP contribution in [0.25, 0.3) is 5.52 Å². The van der Waals surface area contributed by atoms with Crippen LogP contribution in [0.2, 0.25) is 5.15 Å². The van der Waals surface area contributed by atoms with E-state index in [1.165, 1.54) is 10.8 Å². The lowest BCUT2D eigenvalue weighted by Crippen LogP contribution is -1.91. The van der Waals surface area contributed by atoms with E-state index in [0.717, 1.165) is 0 Å². The van der Waals surface area contributed by atoms with Crippen molar-refractivity contribution < 1.29 is 0 Å². The lowest BCUT2D eigenvalue weighted by molar-refractivity contribution is 0.903. The average Bonchev–Trinajstić information content (AvgIpc) is 2.49. The van der Waals surface area contributed by atoms with Crippen LogP contribution in [0, 0.1) is 11.3 Å². The van der Waals surface area contributed by atoms with E-state index < -0.39 is 0 Å². The van der Waals surface area contributed by atoms with Gasteiger partial charge in [-0.1, -0.05) is 11.6 Å². The van der Waals surface area contributed by atoms with E-state index >= 15 is 0 Å². The van der Waals surface area contributed by atoms with Crippen molar-refractivity contribution in [3.05, 3.63) is 29.3 Å². The third-order valence-electron chi connectivity index (χ3n) is 1.53. The van der Waals surface area contributed by atoms with E-state index in [4.69, 9.17) is 16.9 Å². The van der Waals surface area contributed by atoms with Gasteiger partial charge in [-0.25, -0.2) is 9.50 Å². The largest absolute Gasteiger partial charge is 0.235 e. The van der Waals surface area contributed by atoms with Gasteiger partial charge in [-0.3, -0.25) is 0 Å². The highest BCUT2D eigenvalue weighted by Gasteiger charge is 2.06. The molecule has 0 aromatic carbocycles. The Morgan fingerprint density at radius 1 is 1.58 bits per heavy atom. The summed E-state index contributed by atoms with van der Waals surface area (Å²) in [5.74, 6) is 0. The van der Waals surface area contributed by atoms with Gasteiger partial charge >= 0.3 is 0 Å². The second-order valence-electron chi connectivity index (χ2n) is 2.19. The van der Waals surface area contributed by atoms with Gasteiger partial charge in [0.1, 0.15) is 17.9 Å². The molecule has 0 N–H and O–H groups in total. The molecule has 2 aromatic heterocycles. The Labute approximate surface area is 73.0 Å². The van der Waals surface area contributed by atoms with Crippen LogP contribution in [-0.2, 0) is 0 Å². The zero-order valence-electron chi connectivity index (χ0n) is 5.90. The van der Waals surface area contributed by atoms with Crippen LogP contribution in [0.5, 0.6) is 0 Å². The van der Waals surface area contributed by atoms with Crippen molar-refractivity contribution in [1.29, 1.82) is 5.26 Å². The van der Waals surface area contributed by atoms with Crippen molar-refractivity contribution in [2.24, 2.45) is 0 Å². The van der Waals surface area contributed by atoms with Gasteiger partial charge in [0.2, 0.25) is 0 Å². The molecular formula is C7H3ClN4. The van der Waals surface area contributed by atoms with Crippen molar-refractivity contribution in [3.63, 3.8) is 0 Å². The molecule has 2 heterocycles. The minimum atomic E-state index is 0.298. The van der Waals surface area contributed by atoms with Crippen LogP contribution in [0.4, 0.5) is 0 Å². The van der Waals surface area contributed by atoms with Crippen LogP contribution in [0.1, 0.15) is 5.56 Å². The first-order valence-corrected chi connectivity index (χ1v) is 3.58. The number of aromatic nitrogens is 3. The molecule has 0 atom stereocenters. The maximum atomic E-state index is 8.67. The molecule has 4 nitrogen and oxygen atoms in total. The molecule has 0 saturated carbocycles. The molecular weight excluding hydrogens is 176 g/mol. The van der Waals surface area contributed by atoms with Crippen LogP contribution in [0.15, 0.2) is 18.6 Å². The summed E-state index contributed by atoms with van der Waals surface area (Å²) in [6.45, 7) is 0. The number of nitriles is 1. The highest BCUT2D eigenvalue weighted by atomic mass is 35.5. The van der Waals surface area contributed by atoms with E-state index in [1.807, 2.05) is 6.07 Å². The minimum absolute atomic E-state index is 0.298. The second-order valence-corrected chi connectivity index (χ2v) is 2.54. The Kier molecular flexibility index (Phi) is 1.45. The van der Waals surface area contributed by atoms with Crippen LogP contribution >= 0.6 is 11.6 Å². The molecule has 2 rings (SSSR count). The smallest absolute Gasteiger partial charge is 0.157 e. The van der Waals surface area contributed by atoms with Crippen molar-refractivity contribution in [2.45, 2.75) is 0 Å². The molecule has 0 saturated heterocycles. The molecule has 0 amide bonds. The first-order valence-electron chi connectivity index (χ1n) is 3.21. The van der Waals surface area contributed by atoms with Gasteiger partial charge in [0.05, 0.1) is 5.56 Å². The molecule has 0 radical (unpaired) electrons. The van der Waals surface area contributed by atoms with E-state index in [1.54, 1.807) is 12.3 Å². The molecule has 0 aliphatic rings. The number of rotatable bonds is 0. The normalized spacial score (nSPS) is 10.0. The highest BCUT2D eigenvalue weighted by molar-refractivity contribution is 6.32. The first kappa shape index (κ1) is 7.07. The Hall–Kier alpha value is -1.60. The Morgan fingerprint density at radius 3 is 3.17 bits per heavy atom. The Balaban J connectivity index is 2.95. The summed E-state index contributed by atoms with van der Waals surface area (Å²) in [6.07, 6.45) is 3.01. The van der Waals surface area contributed by atoms with Crippen LogP contribution in [-0.4, -0.2) is 14.6 Å². The van der Waals surface area contributed by atoms with Gasteiger partial charge in [0, 0.05) is 6.20 Å². The summed E-state index contributed by atoms with van der Waals surface area (Å²) in [7, 11) is 0. The molecule has 12 heavy (non-hydrogen) atoms. The zero-order valence-corrected chi connectivity index (χ0v) is 6.65. The van der Waals surface area contributed by atoms with Gasteiger partial charge in [0.15, 0.2) is 5.15 Å². The van der Waals surface area contributed by atoms with Crippen molar-refractivity contribution in [2.75, 3.05) is 0 Å². The summed E-state index contributed by atoms with van der Waals surface area (Å²) in [6, 6.07) is 3.65. The van der Waals surface area contributed by atoms with Crippen molar-refractivity contribution in [1.82, 2.24) is 14.6 Å². The monoisotopic (exact) mass is 178 g/mol. The van der Waals surface area contributed by atoms with E-state index in [-0.39, 0.29) is 0 Å². The fourth-order valence-electron chi connectivity index (χ4n) is 1.01. The molecule has 0 aliphatic carbocycles.